The molecule has 0 bridgehead atoms. The van der Waals surface area contributed by atoms with Crippen molar-refractivity contribution in [2.45, 2.75) is 0 Å². The zero-order valence-corrected chi connectivity index (χ0v) is 10.7. The van der Waals surface area contributed by atoms with Gasteiger partial charge >= 0.3 is 6.03 Å². The second-order valence-electron chi connectivity index (χ2n) is 3.22. The Morgan fingerprint density at radius 2 is 1.88 bits per heavy atom. The molecule has 86 valence electrons. The van der Waals surface area contributed by atoms with E-state index in [9.17, 15) is 4.79 Å². The summed E-state index contributed by atoms with van der Waals surface area (Å²) in [6.07, 6.45) is 0. The van der Waals surface area contributed by atoms with E-state index >= 15 is 0 Å². The van der Waals surface area contributed by atoms with Crippen LogP contribution in [0, 0.1) is 0 Å². The third-order valence-corrected chi connectivity index (χ3v) is 3.41. The fourth-order valence-corrected chi connectivity index (χ4v) is 1.81. The second-order valence-corrected chi connectivity index (χ2v) is 4.80. The van der Waals surface area contributed by atoms with Gasteiger partial charge < -0.3 is 10.6 Å². The molecule has 0 aliphatic carbocycles. The van der Waals surface area contributed by atoms with Crippen LogP contribution in [0.1, 0.15) is 0 Å². The Labute approximate surface area is 105 Å². The molecule has 0 atom stereocenters. The third-order valence-electron chi connectivity index (χ3n) is 1.73. The minimum Gasteiger partial charge on any atom is -0.362 e. The number of benzene rings is 1. The van der Waals surface area contributed by atoms with E-state index in [0.717, 1.165) is 11.9 Å². The number of anilines is 1. The summed E-state index contributed by atoms with van der Waals surface area (Å²) in [6.45, 7) is 0. The number of hydrogen-bond acceptors (Lipinski definition) is 3. The van der Waals surface area contributed by atoms with Crippen LogP contribution in [0.5, 0.6) is 0 Å². The number of urea groups is 1. The first-order valence-corrected chi connectivity index (χ1v) is 5.74. The van der Waals surface area contributed by atoms with Crippen LogP contribution in [0.4, 0.5) is 10.5 Å². The second kappa shape index (κ2) is 5.72. The van der Waals surface area contributed by atoms with Gasteiger partial charge in [0.05, 0.1) is 5.69 Å². The summed E-state index contributed by atoms with van der Waals surface area (Å²) in [4.78, 5) is 13.1. The lowest BCUT2D eigenvalue weighted by atomic mass is 10.3. The van der Waals surface area contributed by atoms with Gasteiger partial charge in [-0.1, -0.05) is 30.4 Å². The van der Waals surface area contributed by atoms with E-state index in [0.29, 0.717) is 10.0 Å². The molecular formula is C10H13N3OS2. The fourth-order valence-electron chi connectivity index (χ4n) is 0.948. The normalized spacial score (nSPS) is 9.62. The Kier molecular flexibility index (Phi) is 4.57. The highest BCUT2D eigenvalue weighted by Gasteiger charge is 2.16. The van der Waals surface area contributed by atoms with Crippen molar-refractivity contribution in [1.29, 1.82) is 0 Å². The van der Waals surface area contributed by atoms with E-state index in [1.165, 1.54) is 4.31 Å². The molecule has 0 saturated carbocycles. The number of carbonyl (C=O) groups excluding carboxylic acids is 1. The van der Waals surface area contributed by atoms with Crippen molar-refractivity contribution in [1.82, 2.24) is 4.90 Å². The molecule has 0 spiro atoms. The number of hydrogen-bond donors (Lipinski definition) is 1. The summed E-state index contributed by atoms with van der Waals surface area (Å²) < 4.78 is 1.94. The van der Waals surface area contributed by atoms with Crippen molar-refractivity contribution < 1.29 is 4.79 Å². The maximum Gasteiger partial charge on any atom is 0.329 e. The lowest BCUT2D eigenvalue weighted by Crippen LogP contribution is -2.33. The van der Waals surface area contributed by atoms with Crippen LogP contribution < -0.4 is 10.0 Å². The van der Waals surface area contributed by atoms with Gasteiger partial charge in [0, 0.05) is 26.0 Å². The molecule has 1 aromatic rings. The van der Waals surface area contributed by atoms with Crippen molar-refractivity contribution in [2.24, 2.45) is 5.73 Å². The van der Waals surface area contributed by atoms with E-state index < -0.39 is 6.03 Å². The van der Waals surface area contributed by atoms with Crippen molar-refractivity contribution in [3.63, 3.8) is 0 Å². The summed E-state index contributed by atoms with van der Waals surface area (Å²) in [7, 11) is 3.64. The average Bonchev–Trinajstić information content (AvgIpc) is 2.26. The molecule has 1 rings (SSSR count). The first-order chi connectivity index (χ1) is 7.52. The summed E-state index contributed by atoms with van der Waals surface area (Å²) in [5.74, 6) is 0. The largest absolute Gasteiger partial charge is 0.362 e. The van der Waals surface area contributed by atoms with Crippen molar-refractivity contribution >= 4 is 40.2 Å². The average molecular weight is 255 g/mol. The molecule has 2 N–H and O–H groups in total. The fraction of sp³-hybridized carbons (Fsp3) is 0.200. The van der Waals surface area contributed by atoms with Crippen LogP contribution in [0.3, 0.4) is 0 Å². The predicted molar refractivity (Wildman–Crippen MR) is 72.4 cm³/mol. The number of amides is 2. The summed E-state index contributed by atoms with van der Waals surface area (Å²) in [6, 6.07) is 8.61. The van der Waals surface area contributed by atoms with E-state index in [1.807, 2.05) is 32.3 Å². The van der Waals surface area contributed by atoms with Gasteiger partial charge in [0.25, 0.3) is 0 Å². The van der Waals surface area contributed by atoms with Gasteiger partial charge in [-0.2, -0.15) is 0 Å². The van der Waals surface area contributed by atoms with E-state index in [-0.39, 0.29) is 0 Å². The highest BCUT2D eigenvalue weighted by Crippen LogP contribution is 2.23. The molecule has 0 radical (unpaired) electrons. The van der Waals surface area contributed by atoms with Crippen molar-refractivity contribution in [3.05, 3.63) is 30.3 Å². The van der Waals surface area contributed by atoms with Crippen LogP contribution in [0.15, 0.2) is 30.3 Å². The highest BCUT2D eigenvalue weighted by atomic mass is 32.2. The first-order valence-electron chi connectivity index (χ1n) is 4.56. The number of nitrogens with two attached hydrogens (primary N) is 1. The van der Waals surface area contributed by atoms with E-state index in [1.54, 1.807) is 17.0 Å². The summed E-state index contributed by atoms with van der Waals surface area (Å²) in [5.41, 5.74) is 6.02. The van der Waals surface area contributed by atoms with Crippen LogP contribution in [0.25, 0.3) is 0 Å². The molecule has 0 unspecified atom stereocenters. The number of thiocarbonyl (C=S) groups is 1. The maximum atomic E-state index is 11.3. The van der Waals surface area contributed by atoms with Gasteiger partial charge in [0.2, 0.25) is 0 Å². The number of para-hydroxylation sites is 1. The minimum atomic E-state index is -0.541. The Morgan fingerprint density at radius 1 is 1.31 bits per heavy atom. The molecular weight excluding hydrogens is 242 g/mol. The molecule has 0 saturated heterocycles. The smallest absolute Gasteiger partial charge is 0.329 e. The van der Waals surface area contributed by atoms with Crippen LogP contribution >= 0.6 is 24.2 Å². The third kappa shape index (κ3) is 3.39. The number of primary amides is 1. The molecule has 0 fully saturated rings. The zero-order valence-electron chi connectivity index (χ0n) is 9.08. The summed E-state index contributed by atoms with van der Waals surface area (Å²) >= 11 is 6.24. The predicted octanol–water partition coefficient (Wildman–Crippen LogP) is 2.07. The Hall–Kier alpha value is -1.27. The molecule has 16 heavy (non-hydrogen) atoms. The quantitative estimate of drug-likeness (QED) is 0.616. The molecule has 0 aliphatic heterocycles. The highest BCUT2D eigenvalue weighted by molar-refractivity contribution is 8.24. The van der Waals surface area contributed by atoms with Gasteiger partial charge in [0.15, 0.2) is 4.32 Å². The molecule has 0 aromatic heterocycles. The molecule has 1 aromatic carbocycles. The Bertz CT molecular complexity index is 381. The van der Waals surface area contributed by atoms with Gasteiger partial charge in [-0.15, -0.1) is 0 Å². The Morgan fingerprint density at radius 3 is 2.31 bits per heavy atom. The SMILES string of the molecule is CN(C)C(=S)SN(C(N)=O)c1ccccc1. The number of nitrogens with zero attached hydrogens (tertiary/aromatic N) is 2. The molecule has 0 aliphatic rings. The topological polar surface area (TPSA) is 49.6 Å². The minimum absolute atomic E-state index is 0.541. The van der Waals surface area contributed by atoms with E-state index in [4.69, 9.17) is 18.0 Å². The Balaban J connectivity index is 2.85. The molecule has 6 heteroatoms. The van der Waals surface area contributed by atoms with Crippen molar-refractivity contribution in [3.8, 4) is 0 Å². The standard InChI is InChI=1S/C10H13N3OS2/c1-12(2)10(15)16-13(9(11)14)8-6-4-3-5-7-8/h3-7H,1-2H3,(H2,11,14). The maximum absolute atomic E-state index is 11.3. The van der Waals surface area contributed by atoms with Crippen molar-refractivity contribution in [2.75, 3.05) is 18.4 Å². The molecule has 2 amide bonds. The molecule has 0 heterocycles. The monoisotopic (exact) mass is 255 g/mol. The van der Waals surface area contributed by atoms with E-state index in [2.05, 4.69) is 0 Å². The van der Waals surface area contributed by atoms with Gasteiger partial charge in [-0.25, -0.2) is 9.10 Å². The number of carbonyl (C=O) groups is 1. The lowest BCUT2D eigenvalue weighted by molar-refractivity contribution is 0.257. The summed E-state index contributed by atoms with van der Waals surface area (Å²) in [5, 5.41) is 0. The zero-order chi connectivity index (χ0) is 12.1. The van der Waals surface area contributed by atoms with Crippen LogP contribution in [-0.2, 0) is 0 Å². The first kappa shape index (κ1) is 12.8. The van der Waals surface area contributed by atoms with Gasteiger partial charge in [0.1, 0.15) is 0 Å². The van der Waals surface area contributed by atoms with Gasteiger partial charge in [-0.05, 0) is 12.1 Å². The van der Waals surface area contributed by atoms with Crippen LogP contribution in [0.2, 0.25) is 0 Å². The van der Waals surface area contributed by atoms with Crippen LogP contribution in [-0.4, -0.2) is 29.3 Å². The number of rotatable bonds is 1. The lowest BCUT2D eigenvalue weighted by Gasteiger charge is -2.21. The molecule has 4 nitrogen and oxygen atoms in total. The van der Waals surface area contributed by atoms with Gasteiger partial charge in [-0.3, -0.25) is 0 Å².